The van der Waals surface area contributed by atoms with E-state index in [2.05, 4.69) is 11.4 Å². The van der Waals surface area contributed by atoms with Crippen molar-refractivity contribution in [2.45, 2.75) is 12.5 Å². The molecule has 1 fully saturated rings. The van der Waals surface area contributed by atoms with Crippen LogP contribution < -0.4 is 5.32 Å². The summed E-state index contributed by atoms with van der Waals surface area (Å²) in [5.74, 6) is -0.262. The minimum atomic E-state index is -0.262. The van der Waals surface area contributed by atoms with Crippen LogP contribution in [0.4, 0.5) is 4.39 Å². The smallest absolute Gasteiger partial charge is 0.134 e. The fourth-order valence-electron chi connectivity index (χ4n) is 1.61. The predicted molar refractivity (Wildman–Crippen MR) is 51.5 cm³/mol. The van der Waals surface area contributed by atoms with Gasteiger partial charge in [-0.15, -0.1) is 0 Å². The number of ether oxygens (including phenoxy) is 1. The molecule has 0 amide bonds. The maximum Gasteiger partial charge on any atom is 0.134 e. The van der Waals surface area contributed by atoms with Crippen molar-refractivity contribution in [1.82, 2.24) is 5.32 Å². The highest BCUT2D eigenvalue weighted by atomic mass is 19.1. The van der Waals surface area contributed by atoms with E-state index in [1.165, 1.54) is 0 Å². The molecule has 3 heteroatoms. The summed E-state index contributed by atoms with van der Waals surface area (Å²) >= 11 is 0. The zero-order chi connectivity index (χ0) is 9.80. The molecule has 0 aromatic heterocycles. The molecule has 1 N–H and O–H groups in total. The van der Waals surface area contributed by atoms with Crippen molar-refractivity contribution in [2.75, 3.05) is 19.7 Å². The van der Waals surface area contributed by atoms with E-state index in [1.807, 2.05) is 0 Å². The third-order valence-electron chi connectivity index (χ3n) is 2.34. The number of halogens is 1. The Morgan fingerprint density at radius 1 is 1.64 bits per heavy atom. The molecular weight excluding hydrogens is 181 g/mol. The molecule has 2 nitrogen and oxygen atoms in total. The summed E-state index contributed by atoms with van der Waals surface area (Å²) in [5, 5.41) is 3.22. The standard InChI is InChI=1S/C11H13FNO/c12-11-4-2-1-3-9(11)7-10-8-13-5-6-14-10/h1-3,10,13H,5-8H2. The zero-order valence-corrected chi connectivity index (χ0v) is 7.92. The number of morpholine rings is 1. The van der Waals surface area contributed by atoms with Gasteiger partial charge in [-0.05, 0) is 5.56 Å². The van der Waals surface area contributed by atoms with E-state index in [4.69, 9.17) is 4.74 Å². The van der Waals surface area contributed by atoms with Crippen molar-refractivity contribution in [3.8, 4) is 0 Å². The second kappa shape index (κ2) is 4.53. The van der Waals surface area contributed by atoms with E-state index in [0.29, 0.717) is 18.6 Å². The second-order valence-corrected chi connectivity index (χ2v) is 3.41. The largest absolute Gasteiger partial charge is 0.375 e. The molecule has 14 heavy (non-hydrogen) atoms. The zero-order valence-electron chi connectivity index (χ0n) is 7.92. The number of benzene rings is 1. The Hall–Kier alpha value is -0.930. The Morgan fingerprint density at radius 2 is 2.57 bits per heavy atom. The molecule has 1 saturated heterocycles. The first-order valence-corrected chi connectivity index (χ1v) is 4.83. The van der Waals surface area contributed by atoms with Gasteiger partial charge in [-0.2, -0.15) is 0 Å². The molecule has 0 aliphatic carbocycles. The Balaban J connectivity index is 1.99. The van der Waals surface area contributed by atoms with Crippen molar-refractivity contribution in [2.24, 2.45) is 0 Å². The molecule has 1 unspecified atom stereocenters. The lowest BCUT2D eigenvalue weighted by atomic mass is 10.1. The average Bonchev–Trinajstić information content (AvgIpc) is 2.23. The minimum Gasteiger partial charge on any atom is -0.375 e. The molecule has 1 aliphatic heterocycles. The van der Waals surface area contributed by atoms with Gasteiger partial charge >= 0.3 is 0 Å². The Bertz CT molecular complexity index is 297. The van der Waals surface area contributed by atoms with E-state index >= 15 is 0 Å². The van der Waals surface area contributed by atoms with Crippen molar-refractivity contribution in [3.05, 3.63) is 35.6 Å². The molecule has 75 valence electrons. The second-order valence-electron chi connectivity index (χ2n) is 3.41. The Morgan fingerprint density at radius 3 is 3.29 bits per heavy atom. The number of rotatable bonds is 2. The van der Waals surface area contributed by atoms with Gasteiger partial charge in [-0.25, -0.2) is 4.39 Å². The molecule has 1 aromatic rings. The van der Waals surface area contributed by atoms with Crippen molar-refractivity contribution >= 4 is 0 Å². The van der Waals surface area contributed by atoms with Gasteiger partial charge in [-0.1, -0.05) is 18.2 Å². The highest BCUT2D eigenvalue weighted by Gasteiger charge is 2.15. The SMILES string of the molecule is Fc1[c]cccc1CC1CNCCO1. The normalized spacial score (nSPS) is 22.2. The van der Waals surface area contributed by atoms with Gasteiger partial charge in [0.05, 0.1) is 12.7 Å². The van der Waals surface area contributed by atoms with E-state index in [-0.39, 0.29) is 11.9 Å². The van der Waals surface area contributed by atoms with Crippen LogP contribution in [0.25, 0.3) is 0 Å². The summed E-state index contributed by atoms with van der Waals surface area (Å²) in [6.45, 7) is 2.40. The summed E-state index contributed by atoms with van der Waals surface area (Å²) in [6, 6.07) is 7.71. The topological polar surface area (TPSA) is 21.3 Å². The van der Waals surface area contributed by atoms with Crippen LogP contribution in [0.15, 0.2) is 18.2 Å². The molecule has 1 radical (unpaired) electrons. The fourth-order valence-corrected chi connectivity index (χ4v) is 1.61. The van der Waals surface area contributed by atoms with Gasteiger partial charge < -0.3 is 10.1 Å². The molecule has 0 bridgehead atoms. The van der Waals surface area contributed by atoms with E-state index < -0.39 is 0 Å². The van der Waals surface area contributed by atoms with Gasteiger partial charge in [-0.3, -0.25) is 0 Å². The molecule has 0 saturated carbocycles. The molecule has 2 rings (SSSR count). The van der Waals surface area contributed by atoms with Crippen LogP contribution in [0.3, 0.4) is 0 Å². The van der Waals surface area contributed by atoms with Crippen LogP contribution in [-0.4, -0.2) is 25.8 Å². The first-order valence-electron chi connectivity index (χ1n) is 4.83. The molecule has 0 spiro atoms. The lowest BCUT2D eigenvalue weighted by Crippen LogP contribution is -2.39. The average molecular weight is 194 g/mol. The fraction of sp³-hybridized carbons (Fsp3) is 0.455. The van der Waals surface area contributed by atoms with Crippen molar-refractivity contribution < 1.29 is 9.13 Å². The van der Waals surface area contributed by atoms with E-state index in [1.54, 1.807) is 18.2 Å². The monoisotopic (exact) mass is 194 g/mol. The van der Waals surface area contributed by atoms with Crippen molar-refractivity contribution in [1.29, 1.82) is 0 Å². The third-order valence-corrected chi connectivity index (χ3v) is 2.34. The highest BCUT2D eigenvalue weighted by molar-refractivity contribution is 5.17. The lowest BCUT2D eigenvalue weighted by Gasteiger charge is -2.23. The maximum atomic E-state index is 13.2. The van der Waals surface area contributed by atoms with Gasteiger partial charge in [0.1, 0.15) is 5.82 Å². The highest BCUT2D eigenvalue weighted by Crippen LogP contribution is 2.11. The predicted octanol–water partition coefficient (Wildman–Crippen LogP) is 1.16. The van der Waals surface area contributed by atoms with Crippen LogP contribution in [0.1, 0.15) is 5.56 Å². The quantitative estimate of drug-likeness (QED) is 0.762. The van der Waals surface area contributed by atoms with Crippen LogP contribution in [0, 0.1) is 11.9 Å². The Kier molecular flexibility index (Phi) is 3.11. The van der Waals surface area contributed by atoms with Crippen LogP contribution in [0.2, 0.25) is 0 Å². The molecule has 1 aromatic carbocycles. The lowest BCUT2D eigenvalue weighted by molar-refractivity contribution is 0.0287. The summed E-state index contributed by atoms with van der Waals surface area (Å²) < 4.78 is 18.7. The Labute approximate surface area is 83.1 Å². The third kappa shape index (κ3) is 2.30. The summed E-state index contributed by atoms with van der Waals surface area (Å²) in [4.78, 5) is 0. The van der Waals surface area contributed by atoms with Gasteiger partial charge in [0.2, 0.25) is 0 Å². The van der Waals surface area contributed by atoms with Crippen LogP contribution in [-0.2, 0) is 11.2 Å². The molecule has 1 atom stereocenters. The number of hydrogen-bond donors (Lipinski definition) is 1. The van der Waals surface area contributed by atoms with Crippen LogP contribution in [0.5, 0.6) is 0 Å². The van der Waals surface area contributed by atoms with Gasteiger partial charge in [0.15, 0.2) is 0 Å². The first kappa shape index (κ1) is 9.62. The molecule has 1 aliphatic rings. The van der Waals surface area contributed by atoms with Gasteiger partial charge in [0.25, 0.3) is 0 Å². The number of hydrogen-bond acceptors (Lipinski definition) is 2. The van der Waals surface area contributed by atoms with E-state index in [9.17, 15) is 4.39 Å². The van der Waals surface area contributed by atoms with E-state index in [0.717, 1.165) is 13.1 Å². The molecule has 1 heterocycles. The van der Waals surface area contributed by atoms with Crippen molar-refractivity contribution in [3.63, 3.8) is 0 Å². The summed E-state index contributed by atoms with van der Waals surface area (Å²) in [5.41, 5.74) is 0.682. The maximum absolute atomic E-state index is 13.2. The summed E-state index contributed by atoms with van der Waals surface area (Å²) in [6.07, 6.45) is 0.713. The summed E-state index contributed by atoms with van der Waals surface area (Å²) in [7, 11) is 0. The van der Waals surface area contributed by atoms with Gasteiger partial charge in [0, 0.05) is 25.6 Å². The number of nitrogens with one attached hydrogen (secondary N) is 1. The molecular formula is C11H13FNO. The first-order chi connectivity index (χ1) is 6.86. The van der Waals surface area contributed by atoms with Crippen LogP contribution >= 0.6 is 0 Å². The minimum absolute atomic E-state index is 0.0917.